The van der Waals surface area contributed by atoms with E-state index in [0.29, 0.717) is 12.5 Å². The summed E-state index contributed by atoms with van der Waals surface area (Å²) in [6.07, 6.45) is 2.20. The lowest BCUT2D eigenvalue weighted by molar-refractivity contribution is -0.149. The van der Waals surface area contributed by atoms with Crippen LogP contribution in [0.3, 0.4) is 0 Å². The zero-order valence-corrected chi connectivity index (χ0v) is 16.4. The Hall–Kier alpha value is -2.28. The molecule has 150 valence electrons. The first-order chi connectivity index (χ1) is 13.5. The first-order valence-corrected chi connectivity index (χ1v) is 10.3. The van der Waals surface area contributed by atoms with E-state index in [2.05, 4.69) is 22.3 Å². The number of benzene rings is 1. The van der Waals surface area contributed by atoms with Gasteiger partial charge in [0.25, 0.3) is 0 Å². The second-order valence-electron chi connectivity index (χ2n) is 8.66. The molecule has 5 aliphatic heterocycles. The Morgan fingerprint density at radius 2 is 1.86 bits per heavy atom. The van der Waals surface area contributed by atoms with E-state index in [0.717, 1.165) is 43.0 Å². The second-order valence-corrected chi connectivity index (χ2v) is 8.66. The van der Waals surface area contributed by atoms with Crippen LogP contribution in [-0.2, 0) is 9.59 Å². The number of nitrogens with zero attached hydrogens (tertiary/aromatic N) is 2. The zero-order valence-electron chi connectivity index (χ0n) is 16.4. The van der Waals surface area contributed by atoms with E-state index >= 15 is 0 Å². The first kappa shape index (κ1) is 17.8. The highest BCUT2D eigenvalue weighted by atomic mass is 16.7. The van der Waals surface area contributed by atoms with Crippen molar-refractivity contribution in [3.05, 3.63) is 23.8 Å². The topological polar surface area (TPSA) is 71.1 Å². The van der Waals surface area contributed by atoms with E-state index in [1.54, 1.807) is 0 Å². The molecule has 1 N–H and O–H groups in total. The van der Waals surface area contributed by atoms with Crippen molar-refractivity contribution < 1.29 is 19.1 Å². The fraction of sp³-hybridized carbons (Fsp3) is 0.619. The number of hydrogen-bond donors (Lipinski definition) is 1. The largest absolute Gasteiger partial charge is 0.454 e. The smallest absolute Gasteiger partial charge is 0.312 e. The summed E-state index contributed by atoms with van der Waals surface area (Å²) in [7, 11) is 0. The molecular formula is C21H27N3O4. The van der Waals surface area contributed by atoms with E-state index < -0.39 is 5.91 Å². The van der Waals surface area contributed by atoms with Crippen molar-refractivity contribution in [2.75, 3.05) is 26.4 Å². The minimum atomic E-state index is -0.489. The van der Waals surface area contributed by atoms with Crippen molar-refractivity contribution in [2.24, 2.45) is 5.92 Å². The van der Waals surface area contributed by atoms with E-state index in [1.165, 1.54) is 0 Å². The summed E-state index contributed by atoms with van der Waals surface area (Å²) < 4.78 is 11.0. The molecule has 6 rings (SSSR count). The van der Waals surface area contributed by atoms with Gasteiger partial charge < -0.3 is 19.7 Å². The highest BCUT2D eigenvalue weighted by Gasteiger charge is 2.55. The number of piperidine rings is 3. The molecule has 0 saturated carbocycles. The maximum Gasteiger partial charge on any atom is 0.312 e. The van der Waals surface area contributed by atoms with Gasteiger partial charge in [-0.15, -0.1) is 0 Å². The summed E-state index contributed by atoms with van der Waals surface area (Å²) in [5.41, 5.74) is 1.16. The maximum atomic E-state index is 13.0. The zero-order chi connectivity index (χ0) is 19.4. The van der Waals surface area contributed by atoms with Crippen molar-refractivity contribution in [2.45, 2.75) is 50.7 Å². The lowest BCUT2D eigenvalue weighted by Gasteiger charge is -2.51. The summed E-state index contributed by atoms with van der Waals surface area (Å²) in [6.45, 7) is 6.74. The van der Waals surface area contributed by atoms with Gasteiger partial charge in [-0.1, -0.05) is 6.07 Å². The average Bonchev–Trinajstić information content (AvgIpc) is 3.33. The molecule has 0 unspecified atom stereocenters. The normalized spacial score (nSPS) is 32.5. The molecule has 5 aliphatic rings. The van der Waals surface area contributed by atoms with Gasteiger partial charge in [0.05, 0.1) is 6.04 Å². The summed E-state index contributed by atoms with van der Waals surface area (Å²) in [5, 5.41) is 2.77. The lowest BCUT2D eigenvalue weighted by Crippen LogP contribution is -2.61. The van der Waals surface area contributed by atoms with Crippen LogP contribution in [0, 0.1) is 5.92 Å². The highest BCUT2D eigenvalue weighted by molar-refractivity contribution is 6.35. The highest BCUT2D eigenvalue weighted by Crippen LogP contribution is 2.47. The summed E-state index contributed by atoms with van der Waals surface area (Å²) >= 11 is 0. The minimum absolute atomic E-state index is 0.0499. The number of amides is 2. The van der Waals surface area contributed by atoms with Crippen molar-refractivity contribution in [1.29, 1.82) is 0 Å². The first-order valence-electron chi connectivity index (χ1n) is 10.3. The number of carbonyl (C=O) groups is 2. The van der Waals surface area contributed by atoms with Gasteiger partial charge in [-0.05, 0) is 63.4 Å². The van der Waals surface area contributed by atoms with Gasteiger partial charge in [-0.2, -0.15) is 0 Å². The Labute approximate surface area is 165 Å². The monoisotopic (exact) mass is 385 g/mol. The summed E-state index contributed by atoms with van der Waals surface area (Å²) in [5.74, 6) is 1.32. The number of likely N-dealkylation sites (tertiary alicyclic amines) is 1. The van der Waals surface area contributed by atoms with Crippen LogP contribution in [-0.4, -0.2) is 66.2 Å². The van der Waals surface area contributed by atoms with Crippen molar-refractivity contribution in [3.8, 4) is 11.5 Å². The summed E-state index contributed by atoms with van der Waals surface area (Å²) in [6, 6.07) is 6.42. The Balaban J connectivity index is 1.47. The van der Waals surface area contributed by atoms with Gasteiger partial charge in [-0.25, -0.2) is 0 Å². The number of carbonyl (C=O) groups excluding carboxylic acids is 2. The Bertz CT molecular complexity index is 803. The van der Waals surface area contributed by atoms with Crippen LogP contribution in [0.15, 0.2) is 18.2 Å². The Kier molecular flexibility index (Phi) is 4.23. The molecule has 7 nitrogen and oxygen atoms in total. The third kappa shape index (κ3) is 2.75. The number of nitrogens with one attached hydrogen (secondary N) is 1. The molecule has 0 radical (unpaired) electrons. The molecule has 0 aliphatic carbocycles. The van der Waals surface area contributed by atoms with Crippen LogP contribution in [0.4, 0.5) is 0 Å². The molecule has 1 aromatic carbocycles. The molecule has 0 spiro atoms. The Morgan fingerprint density at radius 1 is 1.11 bits per heavy atom. The van der Waals surface area contributed by atoms with Gasteiger partial charge in [-0.3, -0.25) is 14.5 Å². The van der Waals surface area contributed by atoms with Crippen LogP contribution >= 0.6 is 0 Å². The SMILES string of the molecule is CC(C)NC(=O)C(=O)N1C[C@H](c2ccc3c(c2)OCO3)[C@H]2[C@@H]1C1CCN2CC1. The Morgan fingerprint density at radius 3 is 2.61 bits per heavy atom. The molecule has 0 aromatic heterocycles. The van der Waals surface area contributed by atoms with E-state index in [1.807, 2.05) is 24.8 Å². The van der Waals surface area contributed by atoms with Gasteiger partial charge in [0.2, 0.25) is 6.79 Å². The predicted molar refractivity (Wildman–Crippen MR) is 102 cm³/mol. The van der Waals surface area contributed by atoms with Gasteiger partial charge in [0, 0.05) is 24.5 Å². The quantitative estimate of drug-likeness (QED) is 0.778. The molecule has 3 atom stereocenters. The maximum absolute atomic E-state index is 13.0. The van der Waals surface area contributed by atoms with Crippen LogP contribution in [0.1, 0.15) is 38.2 Å². The molecule has 4 fully saturated rings. The molecule has 4 saturated heterocycles. The van der Waals surface area contributed by atoms with Gasteiger partial charge in [0.1, 0.15) is 0 Å². The molecule has 2 amide bonds. The van der Waals surface area contributed by atoms with Crippen LogP contribution in [0.25, 0.3) is 0 Å². The fourth-order valence-corrected chi connectivity index (χ4v) is 5.55. The number of rotatable bonds is 2. The molecular weight excluding hydrogens is 358 g/mol. The summed E-state index contributed by atoms with van der Waals surface area (Å²) in [4.78, 5) is 29.9. The standard InChI is InChI=1S/C21H27N3O4/c1-12(2)22-20(25)21(26)24-10-15(14-3-4-16-17(9-14)28-11-27-16)19-18(24)13-5-7-23(19)8-6-13/h3-4,9,12-13,15,18-19H,5-8,10-11H2,1-2H3,(H,22,25)/t15-,18+,19+/m1/s1. The molecule has 7 heteroatoms. The molecule has 1 aromatic rings. The van der Waals surface area contributed by atoms with Crippen LogP contribution < -0.4 is 14.8 Å². The average molecular weight is 385 g/mol. The molecule has 28 heavy (non-hydrogen) atoms. The third-order valence-electron chi connectivity index (χ3n) is 6.69. The molecule has 5 heterocycles. The fourth-order valence-electron chi connectivity index (χ4n) is 5.55. The van der Waals surface area contributed by atoms with Crippen molar-refractivity contribution in [1.82, 2.24) is 15.1 Å². The number of ether oxygens (including phenoxy) is 2. The minimum Gasteiger partial charge on any atom is -0.454 e. The van der Waals surface area contributed by atoms with E-state index in [4.69, 9.17) is 9.47 Å². The predicted octanol–water partition coefficient (Wildman–Crippen LogP) is 1.33. The lowest BCUT2D eigenvalue weighted by atomic mass is 9.75. The third-order valence-corrected chi connectivity index (χ3v) is 6.69. The molecule has 2 bridgehead atoms. The number of fused-ring (bicyclic) bond motifs is 3. The van der Waals surface area contributed by atoms with E-state index in [-0.39, 0.29) is 36.7 Å². The van der Waals surface area contributed by atoms with Gasteiger partial charge in [0.15, 0.2) is 11.5 Å². The van der Waals surface area contributed by atoms with Gasteiger partial charge >= 0.3 is 11.8 Å². The van der Waals surface area contributed by atoms with Crippen LogP contribution in [0.2, 0.25) is 0 Å². The van der Waals surface area contributed by atoms with E-state index in [9.17, 15) is 9.59 Å². The van der Waals surface area contributed by atoms with Crippen molar-refractivity contribution >= 4 is 11.8 Å². The number of hydrogen-bond acceptors (Lipinski definition) is 5. The van der Waals surface area contributed by atoms with Crippen molar-refractivity contribution in [3.63, 3.8) is 0 Å². The second kappa shape index (κ2) is 6.65. The van der Waals surface area contributed by atoms with Crippen LogP contribution in [0.5, 0.6) is 11.5 Å².